The van der Waals surface area contributed by atoms with Crippen molar-refractivity contribution in [3.8, 4) is 5.75 Å². The number of aryl methyl sites for hydroxylation is 1. The van der Waals surface area contributed by atoms with Crippen LogP contribution in [0.4, 0.5) is 4.39 Å². The third-order valence-corrected chi connectivity index (χ3v) is 4.71. The lowest BCUT2D eigenvalue weighted by Gasteiger charge is -2.32. The molecule has 1 fully saturated rings. The molecule has 1 amide bonds. The van der Waals surface area contributed by atoms with E-state index >= 15 is 0 Å². The fraction of sp³-hybridized carbons (Fsp3) is 0.500. The van der Waals surface area contributed by atoms with Gasteiger partial charge in [-0.05, 0) is 30.3 Å². The summed E-state index contributed by atoms with van der Waals surface area (Å²) >= 11 is 0. The molecule has 0 bridgehead atoms. The van der Waals surface area contributed by atoms with Crippen molar-refractivity contribution in [3.63, 3.8) is 0 Å². The van der Waals surface area contributed by atoms with Gasteiger partial charge in [-0.1, -0.05) is 20.8 Å². The predicted molar refractivity (Wildman–Crippen MR) is 97.9 cm³/mol. The number of nitrogens with zero attached hydrogens (tertiary/aromatic N) is 3. The zero-order chi connectivity index (χ0) is 18.9. The van der Waals surface area contributed by atoms with Crippen LogP contribution < -0.4 is 4.74 Å². The molecule has 3 rings (SSSR count). The smallest absolute Gasteiger partial charge is 0.272 e. The van der Waals surface area contributed by atoms with Crippen molar-refractivity contribution < 1.29 is 13.9 Å². The van der Waals surface area contributed by atoms with Crippen LogP contribution in [0.15, 0.2) is 30.3 Å². The summed E-state index contributed by atoms with van der Waals surface area (Å²) in [4.78, 5) is 14.7. The van der Waals surface area contributed by atoms with E-state index in [1.807, 2.05) is 18.0 Å². The van der Waals surface area contributed by atoms with E-state index in [1.54, 1.807) is 16.8 Å². The summed E-state index contributed by atoms with van der Waals surface area (Å²) in [7, 11) is 1.81. The van der Waals surface area contributed by atoms with Gasteiger partial charge in [0, 0.05) is 38.4 Å². The summed E-state index contributed by atoms with van der Waals surface area (Å²) in [6, 6.07) is 7.95. The molecule has 0 unspecified atom stereocenters. The normalized spacial score (nSPS) is 16.0. The van der Waals surface area contributed by atoms with Crippen LogP contribution in [0.25, 0.3) is 0 Å². The van der Waals surface area contributed by atoms with E-state index in [9.17, 15) is 9.18 Å². The molecule has 5 nitrogen and oxygen atoms in total. The maximum atomic E-state index is 13.0. The van der Waals surface area contributed by atoms with Crippen LogP contribution in [0.5, 0.6) is 5.75 Å². The summed E-state index contributed by atoms with van der Waals surface area (Å²) in [5.41, 5.74) is 1.44. The maximum absolute atomic E-state index is 13.0. The second-order valence-electron chi connectivity index (χ2n) is 7.85. The van der Waals surface area contributed by atoms with Gasteiger partial charge in [-0.2, -0.15) is 5.10 Å². The van der Waals surface area contributed by atoms with Crippen LogP contribution in [0.1, 0.15) is 49.8 Å². The maximum Gasteiger partial charge on any atom is 0.272 e. The number of piperidine rings is 1. The summed E-state index contributed by atoms with van der Waals surface area (Å²) in [6.45, 7) is 7.53. The van der Waals surface area contributed by atoms with E-state index in [-0.39, 0.29) is 23.2 Å². The number of halogens is 1. The average Bonchev–Trinajstić information content (AvgIpc) is 2.99. The SMILES string of the molecule is Cn1nc(C(C)(C)C)cc1C(=O)N1CCC(Oc2ccc(F)cc2)CC1. The number of carbonyl (C=O) groups is 1. The van der Waals surface area contributed by atoms with Crippen molar-refractivity contribution in [2.45, 2.75) is 45.1 Å². The van der Waals surface area contributed by atoms with Crippen LogP contribution in [-0.2, 0) is 12.5 Å². The number of hydrogen-bond acceptors (Lipinski definition) is 3. The van der Waals surface area contributed by atoms with Gasteiger partial charge in [-0.3, -0.25) is 9.48 Å². The van der Waals surface area contributed by atoms with Gasteiger partial charge in [0.2, 0.25) is 0 Å². The monoisotopic (exact) mass is 359 g/mol. The van der Waals surface area contributed by atoms with E-state index in [0.29, 0.717) is 24.5 Å². The van der Waals surface area contributed by atoms with E-state index in [1.165, 1.54) is 12.1 Å². The van der Waals surface area contributed by atoms with E-state index < -0.39 is 0 Å². The van der Waals surface area contributed by atoms with Crippen LogP contribution in [0.2, 0.25) is 0 Å². The Kier molecular flexibility index (Phi) is 5.03. The van der Waals surface area contributed by atoms with Crippen LogP contribution in [-0.4, -0.2) is 39.8 Å². The summed E-state index contributed by atoms with van der Waals surface area (Å²) < 4.78 is 20.5. The Hall–Kier alpha value is -2.37. The zero-order valence-corrected chi connectivity index (χ0v) is 15.8. The third-order valence-electron chi connectivity index (χ3n) is 4.71. The molecule has 140 valence electrons. The van der Waals surface area contributed by atoms with Crippen LogP contribution >= 0.6 is 0 Å². The van der Waals surface area contributed by atoms with Gasteiger partial charge in [0.05, 0.1) is 5.69 Å². The van der Waals surface area contributed by atoms with Crippen molar-refractivity contribution in [1.82, 2.24) is 14.7 Å². The zero-order valence-electron chi connectivity index (χ0n) is 15.8. The quantitative estimate of drug-likeness (QED) is 0.842. The number of amides is 1. The highest BCUT2D eigenvalue weighted by Crippen LogP contribution is 2.24. The largest absolute Gasteiger partial charge is 0.490 e. The molecule has 6 heteroatoms. The highest BCUT2D eigenvalue weighted by Gasteiger charge is 2.28. The van der Waals surface area contributed by atoms with Gasteiger partial charge >= 0.3 is 0 Å². The molecular weight excluding hydrogens is 333 g/mol. The lowest BCUT2D eigenvalue weighted by atomic mass is 9.92. The van der Waals surface area contributed by atoms with Gasteiger partial charge in [-0.25, -0.2) is 4.39 Å². The molecular formula is C20H26FN3O2. The average molecular weight is 359 g/mol. The number of benzene rings is 1. The first-order valence-electron chi connectivity index (χ1n) is 9.00. The van der Waals surface area contributed by atoms with Crippen LogP contribution in [0, 0.1) is 5.82 Å². The fourth-order valence-electron chi connectivity index (χ4n) is 3.08. The Morgan fingerprint density at radius 2 is 1.81 bits per heavy atom. The molecule has 1 aromatic heterocycles. The van der Waals surface area contributed by atoms with Gasteiger partial charge in [0.15, 0.2) is 0 Å². The number of likely N-dealkylation sites (tertiary alicyclic amines) is 1. The molecule has 1 aliphatic rings. The number of rotatable bonds is 3. The van der Waals surface area contributed by atoms with Crippen molar-refractivity contribution in [3.05, 3.63) is 47.5 Å². The van der Waals surface area contributed by atoms with Gasteiger partial charge < -0.3 is 9.64 Å². The number of carbonyl (C=O) groups excluding carboxylic acids is 1. The standard InChI is InChI=1S/C20H26FN3O2/c1-20(2,3)18-13-17(23(4)22-18)19(25)24-11-9-16(10-12-24)26-15-7-5-14(21)6-8-15/h5-8,13,16H,9-12H2,1-4H3. The first kappa shape index (κ1) is 18.4. The molecule has 0 aliphatic carbocycles. The lowest BCUT2D eigenvalue weighted by Crippen LogP contribution is -2.42. The van der Waals surface area contributed by atoms with E-state index in [2.05, 4.69) is 25.9 Å². The molecule has 0 radical (unpaired) electrons. The first-order chi connectivity index (χ1) is 12.2. The Morgan fingerprint density at radius 1 is 1.19 bits per heavy atom. The van der Waals surface area contributed by atoms with Gasteiger partial charge in [-0.15, -0.1) is 0 Å². The Morgan fingerprint density at radius 3 is 2.35 bits per heavy atom. The molecule has 1 saturated heterocycles. The van der Waals surface area contributed by atoms with Crippen molar-refractivity contribution in [2.75, 3.05) is 13.1 Å². The highest BCUT2D eigenvalue weighted by atomic mass is 19.1. The second-order valence-corrected chi connectivity index (χ2v) is 7.85. The van der Waals surface area contributed by atoms with Gasteiger partial charge in [0.1, 0.15) is 23.4 Å². The molecule has 26 heavy (non-hydrogen) atoms. The summed E-state index contributed by atoms with van der Waals surface area (Å²) in [5, 5.41) is 4.49. The minimum Gasteiger partial charge on any atom is -0.490 e. The topological polar surface area (TPSA) is 47.4 Å². The van der Waals surface area contributed by atoms with Crippen LogP contribution in [0.3, 0.4) is 0 Å². The lowest BCUT2D eigenvalue weighted by molar-refractivity contribution is 0.0585. The number of ether oxygens (including phenoxy) is 1. The second kappa shape index (κ2) is 7.09. The molecule has 0 atom stereocenters. The molecule has 0 spiro atoms. The van der Waals surface area contributed by atoms with Crippen molar-refractivity contribution in [2.24, 2.45) is 7.05 Å². The Balaban J connectivity index is 1.60. The number of hydrogen-bond donors (Lipinski definition) is 0. The van der Waals surface area contributed by atoms with E-state index in [4.69, 9.17) is 4.74 Å². The minimum absolute atomic E-state index is 0.00994. The van der Waals surface area contributed by atoms with E-state index in [0.717, 1.165) is 18.5 Å². The molecule has 2 heterocycles. The number of aromatic nitrogens is 2. The summed E-state index contributed by atoms with van der Waals surface area (Å²) in [5.74, 6) is 0.400. The molecule has 0 saturated carbocycles. The highest BCUT2D eigenvalue weighted by molar-refractivity contribution is 5.92. The molecule has 1 aliphatic heterocycles. The first-order valence-corrected chi connectivity index (χ1v) is 9.00. The summed E-state index contributed by atoms with van der Waals surface area (Å²) in [6.07, 6.45) is 1.56. The molecule has 2 aromatic rings. The Labute approximate surface area is 153 Å². The Bertz CT molecular complexity index is 769. The van der Waals surface area contributed by atoms with Crippen molar-refractivity contribution >= 4 is 5.91 Å². The fourth-order valence-corrected chi connectivity index (χ4v) is 3.08. The van der Waals surface area contributed by atoms with Crippen molar-refractivity contribution in [1.29, 1.82) is 0 Å². The minimum atomic E-state index is -0.274. The predicted octanol–water partition coefficient (Wildman–Crippen LogP) is 3.54. The third kappa shape index (κ3) is 4.06. The van der Waals surface area contributed by atoms with Gasteiger partial charge in [0.25, 0.3) is 5.91 Å². The molecule has 0 N–H and O–H groups in total. The molecule has 1 aromatic carbocycles.